The molecule has 0 radical (unpaired) electrons. The minimum absolute atomic E-state index is 0.0402. The van der Waals surface area contributed by atoms with Gasteiger partial charge in [0.15, 0.2) is 13.1 Å². The highest BCUT2D eigenvalue weighted by Gasteiger charge is 2.25. The number of anilines is 1. The first-order chi connectivity index (χ1) is 12.5. The minimum Gasteiger partial charge on any atom is -0.348 e. The number of quaternary nitrogens is 1. The Morgan fingerprint density at radius 1 is 1.12 bits per heavy atom. The average Bonchev–Trinajstić information content (AvgIpc) is 2.59. The summed E-state index contributed by atoms with van der Waals surface area (Å²) in [7, 11) is 0. The van der Waals surface area contributed by atoms with E-state index in [1.54, 1.807) is 0 Å². The monoisotopic (exact) mass is 360 g/mol. The molecule has 144 valence electrons. The SMILES string of the molecule is CCC[NH+](CC(=O)Nc1ccccc1C)CC(=O)N[C@@H]1CCCC[C@@H]1C. The Kier molecular flexibility index (Phi) is 8.10. The summed E-state index contributed by atoms with van der Waals surface area (Å²) in [5, 5.41) is 6.17. The third-order valence-corrected chi connectivity index (χ3v) is 5.30. The van der Waals surface area contributed by atoms with E-state index < -0.39 is 0 Å². The molecule has 2 amide bonds. The molecule has 1 aliphatic carbocycles. The molecule has 1 aromatic carbocycles. The number of benzene rings is 1. The fourth-order valence-electron chi connectivity index (χ4n) is 3.74. The van der Waals surface area contributed by atoms with Crippen molar-refractivity contribution < 1.29 is 14.5 Å². The number of carbonyl (C=O) groups excluding carboxylic acids is 2. The zero-order valence-electron chi connectivity index (χ0n) is 16.4. The van der Waals surface area contributed by atoms with Crippen molar-refractivity contribution in [3.8, 4) is 0 Å². The largest absolute Gasteiger partial charge is 0.348 e. The molecule has 1 aromatic rings. The maximum Gasteiger partial charge on any atom is 0.279 e. The van der Waals surface area contributed by atoms with Crippen LogP contribution in [0.1, 0.15) is 51.5 Å². The summed E-state index contributed by atoms with van der Waals surface area (Å²) in [4.78, 5) is 25.9. The van der Waals surface area contributed by atoms with Crippen molar-refractivity contribution in [2.45, 2.75) is 58.9 Å². The molecule has 0 aliphatic heterocycles. The van der Waals surface area contributed by atoms with Gasteiger partial charge in [-0.15, -0.1) is 0 Å². The molecule has 0 spiro atoms. The third-order valence-electron chi connectivity index (χ3n) is 5.30. The van der Waals surface area contributed by atoms with Crippen LogP contribution >= 0.6 is 0 Å². The first kappa shape index (κ1) is 20.4. The molecule has 1 saturated carbocycles. The molecule has 2 rings (SSSR count). The molecule has 5 heteroatoms. The Labute approximate surface area is 157 Å². The van der Waals surface area contributed by atoms with Gasteiger partial charge < -0.3 is 15.5 Å². The molecule has 0 saturated heterocycles. The minimum atomic E-state index is -0.0402. The lowest BCUT2D eigenvalue weighted by molar-refractivity contribution is -0.883. The van der Waals surface area contributed by atoms with Crippen LogP contribution in [-0.2, 0) is 9.59 Å². The van der Waals surface area contributed by atoms with Gasteiger partial charge in [0.2, 0.25) is 0 Å². The molecule has 1 fully saturated rings. The summed E-state index contributed by atoms with van der Waals surface area (Å²) >= 11 is 0. The number of hydrogen-bond acceptors (Lipinski definition) is 2. The Bertz CT molecular complexity index is 603. The smallest absolute Gasteiger partial charge is 0.279 e. The first-order valence-electron chi connectivity index (χ1n) is 9.98. The van der Waals surface area contributed by atoms with Gasteiger partial charge in [0.25, 0.3) is 11.8 Å². The first-order valence-corrected chi connectivity index (χ1v) is 9.98. The van der Waals surface area contributed by atoms with Gasteiger partial charge in [0.05, 0.1) is 6.54 Å². The summed E-state index contributed by atoms with van der Waals surface area (Å²) in [5.74, 6) is 0.573. The van der Waals surface area contributed by atoms with Crippen molar-refractivity contribution >= 4 is 17.5 Å². The van der Waals surface area contributed by atoms with Gasteiger partial charge in [-0.3, -0.25) is 9.59 Å². The highest BCUT2D eigenvalue weighted by molar-refractivity contribution is 5.92. The fraction of sp³-hybridized carbons (Fsp3) is 0.619. The average molecular weight is 361 g/mol. The number of para-hydroxylation sites is 1. The van der Waals surface area contributed by atoms with Crippen LogP contribution in [0.3, 0.4) is 0 Å². The Morgan fingerprint density at radius 3 is 2.50 bits per heavy atom. The molecule has 0 aromatic heterocycles. The lowest BCUT2D eigenvalue weighted by Crippen LogP contribution is -3.14. The second kappa shape index (κ2) is 10.3. The molecule has 5 nitrogen and oxygen atoms in total. The van der Waals surface area contributed by atoms with Gasteiger partial charge in [-0.2, -0.15) is 0 Å². The van der Waals surface area contributed by atoms with Crippen molar-refractivity contribution in [2.75, 3.05) is 25.0 Å². The van der Waals surface area contributed by atoms with E-state index in [9.17, 15) is 9.59 Å². The summed E-state index contributed by atoms with van der Waals surface area (Å²) in [6.45, 7) is 7.77. The van der Waals surface area contributed by atoms with E-state index >= 15 is 0 Å². The lowest BCUT2D eigenvalue weighted by Gasteiger charge is -2.30. The number of aryl methyl sites for hydroxylation is 1. The van der Waals surface area contributed by atoms with Crippen LogP contribution in [0.25, 0.3) is 0 Å². The zero-order chi connectivity index (χ0) is 18.9. The summed E-state index contributed by atoms with van der Waals surface area (Å²) < 4.78 is 0. The van der Waals surface area contributed by atoms with Crippen LogP contribution < -0.4 is 15.5 Å². The zero-order valence-corrected chi connectivity index (χ0v) is 16.4. The molecule has 0 bridgehead atoms. The quantitative estimate of drug-likeness (QED) is 0.663. The van der Waals surface area contributed by atoms with Gasteiger partial charge in [-0.1, -0.05) is 44.9 Å². The highest BCUT2D eigenvalue weighted by atomic mass is 16.2. The molecule has 26 heavy (non-hydrogen) atoms. The Balaban J connectivity index is 1.85. The lowest BCUT2D eigenvalue weighted by atomic mass is 9.86. The van der Waals surface area contributed by atoms with E-state index in [-0.39, 0.29) is 11.8 Å². The molecule has 3 atom stereocenters. The summed E-state index contributed by atoms with van der Waals surface area (Å²) in [5.41, 5.74) is 1.88. The van der Waals surface area contributed by atoms with E-state index in [1.165, 1.54) is 19.3 Å². The number of nitrogens with one attached hydrogen (secondary N) is 3. The van der Waals surface area contributed by atoms with Gasteiger partial charge in [0.1, 0.15) is 0 Å². The number of hydrogen-bond donors (Lipinski definition) is 3. The molecule has 1 aliphatic rings. The van der Waals surface area contributed by atoms with Gasteiger partial charge in [-0.25, -0.2) is 0 Å². The van der Waals surface area contributed by atoms with E-state index in [4.69, 9.17) is 0 Å². The number of amides is 2. The van der Waals surface area contributed by atoms with Crippen LogP contribution in [0.5, 0.6) is 0 Å². The van der Waals surface area contributed by atoms with Crippen molar-refractivity contribution in [3.63, 3.8) is 0 Å². The molecule has 1 unspecified atom stereocenters. The summed E-state index contributed by atoms with van der Waals surface area (Å²) in [6, 6.07) is 8.04. The van der Waals surface area contributed by atoms with Gasteiger partial charge in [0, 0.05) is 11.7 Å². The second-order valence-electron chi connectivity index (χ2n) is 7.65. The second-order valence-corrected chi connectivity index (χ2v) is 7.65. The van der Waals surface area contributed by atoms with Crippen molar-refractivity contribution in [2.24, 2.45) is 5.92 Å². The Morgan fingerprint density at radius 2 is 1.81 bits per heavy atom. The van der Waals surface area contributed by atoms with Crippen molar-refractivity contribution in [1.82, 2.24) is 5.32 Å². The van der Waals surface area contributed by atoms with Gasteiger partial charge >= 0.3 is 0 Å². The fourth-order valence-corrected chi connectivity index (χ4v) is 3.74. The normalized spacial score (nSPS) is 21.0. The third kappa shape index (κ3) is 6.45. The predicted molar refractivity (Wildman–Crippen MR) is 105 cm³/mol. The predicted octanol–water partition coefficient (Wildman–Crippen LogP) is 1.92. The van der Waals surface area contributed by atoms with Gasteiger partial charge in [-0.05, 0) is 43.7 Å². The maximum absolute atomic E-state index is 12.5. The van der Waals surface area contributed by atoms with Crippen LogP contribution in [0, 0.1) is 12.8 Å². The maximum atomic E-state index is 12.5. The van der Waals surface area contributed by atoms with Crippen LogP contribution in [0.15, 0.2) is 24.3 Å². The van der Waals surface area contributed by atoms with Crippen LogP contribution in [-0.4, -0.2) is 37.5 Å². The molecular weight excluding hydrogens is 326 g/mol. The number of carbonyl (C=O) groups is 2. The Hall–Kier alpha value is -1.88. The molecule has 0 heterocycles. The van der Waals surface area contributed by atoms with E-state index in [0.717, 1.165) is 35.5 Å². The standard InChI is InChI=1S/C21H33N3O2/c1-4-13-24(14-20(25)22-18-11-7-5-9-16(18)2)15-21(26)23-19-12-8-6-10-17(19)3/h5,7,9,11,17,19H,4,6,8,10,12-15H2,1-3H3,(H,22,25)(H,23,26)/p+1/t17-,19+/m0/s1. The van der Waals surface area contributed by atoms with Crippen LogP contribution in [0.4, 0.5) is 5.69 Å². The van der Waals surface area contributed by atoms with Crippen molar-refractivity contribution in [3.05, 3.63) is 29.8 Å². The van der Waals surface area contributed by atoms with Crippen LogP contribution in [0.2, 0.25) is 0 Å². The topological polar surface area (TPSA) is 62.6 Å². The van der Waals surface area contributed by atoms with Crippen molar-refractivity contribution in [1.29, 1.82) is 0 Å². The molecular formula is C21H34N3O2+. The van der Waals surface area contributed by atoms with E-state index in [1.807, 2.05) is 31.2 Å². The highest BCUT2D eigenvalue weighted by Crippen LogP contribution is 2.23. The van der Waals surface area contributed by atoms with E-state index in [0.29, 0.717) is 25.0 Å². The summed E-state index contributed by atoms with van der Waals surface area (Å²) in [6.07, 6.45) is 5.67. The molecule has 3 N–H and O–H groups in total. The number of rotatable bonds is 8. The van der Waals surface area contributed by atoms with E-state index in [2.05, 4.69) is 24.5 Å².